The molecule has 1 rings (SSSR count). The van der Waals surface area contributed by atoms with Crippen molar-refractivity contribution < 1.29 is 4.39 Å². The van der Waals surface area contributed by atoms with Gasteiger partial charge in [0.25, 0.3) is 0 Å². The van der Waals surface area contributed by atoms with E-state index >= 15 is 0 Å². The summed E-state index contributed by atoms with van der Waals surface area (Å²) in [5.74, 6) is 0.677. The highest BCUT2D eigenvalue weighted by molar-refractivity contribution is 4.77. The molecule has 2 atom stereocenters. The van der Waals surface area contributed by atoms with Gasteiger partial charge in [0.1, 0.15) is 6.67 Å². The Morgan fingerprint density at radius 1 is 1.75 bits per heavy atom. The van der Waals surface area contributed by atoms with Crippen LogP contribution in [0.2, 0.25) is 0 Å². The zero-order chi connectivity index (χ0) is 5.98. The summed E-state index contributed by atoms with van der Waals surface area (Å²) in [6.45, 7) is 2.93. The van der Waals surface area contributed by atoms with E-state index in [-0.39, 0.29) is 12.7 Å². The number of nitrogens with one attached hydrogen (secondary N) is 1. The Morgan fingerprint density at radius 2 is 2.50 bits per heavy atom. The molecule has 48 valence electrons. The highest BCUT2D eigenvalue weighted by Gasteiger charge is 2.19. The van der Waals surface area contributed by atoms with E-state index in [0.29, 0.717) is 5.92 Å². The lowest BCUT2D eigenvalue weighted by Gasteiger charge is -2.00. The maximum Gasteiger partial charge on any atom is 0.105 e. The van der Waals surface area contributed by atoms with E-state index in [9.17, 15) is 4.39 Å². The van der Waals surface area contributed by atoms with Crippen LogP contribution in [0, 0.1) is 5.92 Å². The van der Waals surface area contributed by atoms with Crippen molar-refractivity contribution in [1.82, 2.24) is 5.32 Å². The summed E-state index contributed by atoms with van der Waals surface area (Å²) in [6.07, 6.45) is 1.01. The van der Waals surface area contributed by atoms with Crippen LogP contribution >= 0.6 is 0 Å². The van der Waals surface area contributed by atoms with Crippen LogP contribution in [0.4, 0.5) is 4.39 Å². The molecule has 0 spiro atoms. The molecule has 1 heterocycles. The van der Waals surface area contributed by atoms with Gasteiger partial charge >= 0.3 is 0 Å². The van der Waals surface area contributed by atoms with E-state index in [2.05, 4.69) is 12.2 Å². The van der Waals surface area contributed by atoms with Crippen LogP contribution in [0.15, 0.2) is 0 Å². The molecule has 0 aromatic heterocycles. The van der Waals surface area contributed by atoms with Crippen LogP contribution in [-0.2, 0) is 0 Å². The topological polar surface area (TPSA) is 12.0 Å². The Morgan fingerprint density at radius 3 is 2.75 bits per heavy atom. The van der Waals surface area contributed by atoms with E-state index in [4.69, 9.17) is 0 Å². The first-order chi connectivity index (χ1) is 3.83. The van der Waals surface area contributed by atoms with Gasteiger partial charge in [-0.1, -0.05) is 6.92 Å². The summed E-state index contributed by atoms with van der Waals surface area (Å²) in [5, 5.41) is 3.08. The molecule has 2 heteroatoms. The second kappa shape index (κ2) is 2.44. The first-order valence-corrected chi connectivity index (χ1v) is 3.12. The van der Waals surface area contributed by atoms with Crippen molar-refractivity contribution in [1.29, 1.82) is 0 Å². The monoisotopic (exact) mass is 117 g/mol. The predicted octanol–water partition coefficient (Wildman–Crippen LogP) is 0.954. The first kappa shape index (κ1) is 6.02. The van der Waals surface area contributed by atoms with Gasteiger partial charge in [-0.3, -0.25) is 0 Å². The SMILES string of the molecule is C[C@H]1CN[C@H](CF)C1. The first-order valence-electron chi connectivity index (χ1n) is 3.12. The Hall–Kier alpha value is -0.110. The quantitative estimate of drug-likeness (QED) is 0.539. The van der Waals surface area contributed by atoms with Gasteiger partial charge in [0, 0.05) is 6.04 Å². The molecule has 1 N–H and O–H groups in total. The molecule has 0 aromatic carbocycles. The van der Waals surface area contributed by atoms with Crippen LogP contribution < -0.4 is 5.32 Å². The molecular weight excluding hydrogens is 105 g/mol. The second-order valence-corrected chi connectivity index (χ2v) is 2.60. The van der Waals surface area contributed by atoms with Gasteiger partial charge in [-0.15, -0.1) is 0 Å². The van der Waals surface area contributed by atoms with Gasteiger partial charge in [0.2, 0.25) is 0 Å². The maximum absolute atomic E-state index is 11.8. The summed E-state index contributed by atoms with van der Waals surface area (Å²) in [7, 11) is 0. The summed E-state index contributed by atoms with van der Waals surface area (Å²) < 4.78 is 11.8. The fraction of sp³-hybridized carbons (Fsp3) is 1.00. The summed E-state index contributed by atoms with van der Waals surface area (Å²) in [6, 6.07) is 0.157. The van der Waals surface area contributed by atoms with Crippen molar-refractivity contribution in [2.75, 3.05) is 13.2 Å². The Balaban J connectivity index is 2.22. The van der Waals surface area contributed by atoms with Crippen molar-refractivity contribution >= 4 is 0 Å². The lowest BCUT2D eigenvalue weighted by Crippen LogP contribution is -2.22. The van der Waals surface area contributed by atoms with Gasteiger partial charge in [0.15, 0.2) is 0 Å². The van der Waals surface area contributed by atoms with E-state index in [0.717, 1.165) is 13.0 Å². The molecule has 0 saturated carbocycles. The number of alkyl halides is 1. The molecule has 1 saturated heterocycles. The summed E-state index contributed by atoms with van der Waals surface area (Å²) >= 11 is 0. The van der Waals surface area contributed by atoms with Crippen LogP contribution in [0.25, 0.3) is 0 Å². The van der Waals surface area contributed by atoms with Crippen molar-refractivity contribution in [2.45, 2.75) is 19.4 Å². The summed E-state index contributed by atoms with van der Waals surface area (Å²) in [4.78, 5) is 0. The third kappa shape index (κ3) is 1.19. The molecule has 8 heavy (non-hydrogen) atoms. The molecule has 0 bridgehead atoms. The third-order valence-corrected chi connectivity index (χ3v) is 1.63. The van der Waals surface area contributed by atoms with E-state index in [1.54, 1.807) is 0 Å². The molecule has 0 aliphatic carbocycles. The zero-order valence-electron chi connectivity index (χ0n) is 5.15. The normalized spacial score (nSPS) is 38.2. The Bertz CT molecular complexity index is 74.9. The average Bonchev–Trinajstić information content (AvgIpc) is 2.14. The van der Waals surface area contributed by atoms with Crippen LogP contribution in [0.3, 0.4) is 0 Å². The highest BCUT2D eigenvalue weighted by atomic mass is 19.1. The van der Waals surface area contributed by atoms with Gasteiger partial charge in [-0.05, 0) is 18.9 Å². The molecular formula is C6H12FN. The molecule has 0 aromatic rings. The summed E-state index contributed by atoms with van der Waals surface area (Å²) in [5.41, 5.74) is 0. The zero-order valence-corrected chi connectivity index (χ0v) is 5.15. The smallest absolute Gasteiger partial charge is 0.105 e. The third-order valence-electron chi connectivity index (χ3n) is 1.63. The number of halogens is 1. The van der Waals surface area contributed by atoms with E-state index < -0.39 is 0 Å². The standard InChI is InChI=1S/C6H12FN/c1-5-2-6(3-7)8-4-5/h5-6,8H,2-4H2,1H3/t5-,6+/m1/s1. The van der Waals surface area contributed by atoms with Gasteiger partial charge in [0.05, 0.1) is 0 Å². The molecule has 0 radical (unpaired) electrons. The van der Waals surface area contributed by atoms with Gasteiger partial charge < -0.3 is 5.32 Å². The van der Waals surface area contributed by atoms with Gasteiger partial charge in [-0.2, -0.15) is 0 Å². The molecule has 0 unspecified atom stereocenters. The van der Waals surface area contributed by atoms with Crippen molar-refractivity contribution in [3.05, 3.63) is 0 Å². The van der Waals surface area contributed by atoms with Crippen LogP contribution in [0.1, 0.15) is 13.3 Å². The van der Waals surface area contributed by atoms with Gasteiger partial charge in [-0.25, -0.2) is 4.39 Å². The lowest BCUT2D eigenvalue weighted by molar-refractivity contribution is 0.401. The molecule has 1 fully saturated rings. The number of rotatable bonds is 1. The average molecular weight is 117 g/mol. The fourth-order valence-corrected chi connectivity index (χ4v) is 1.14. The highest BCUT2D eigenvalue weighted by Crippen LogP contribution is 2.12. The molecule has 1 aliphatic rings. The minimum absolute atomic E-state index is 0.157. The van der Waals surface area contributed by atoms with Crippen LogP contribution in [-0.4, -0.2) is 19.3 Å². The minimum Gasteiger partial charge on any atom is -0.311 e. The van der Waals surface area contributed by atoms with Crippen LogP contribution in [0.5, 0.6) is 0 Å². The second-order valence-electron chi connectivity index (χ2n) is 2.60. The van der Waals surface area contributed by atoms with E-state index in [1.165, 1.54) is 0 Å². The Labute approximate surface area is 49.3 Å². The molecule has 1 nitrogen and oxygen atoms in total. The largest absolute Gasteiger partial charge is 0.311 e. The van der Waals surface area contributed by atoms with Crippen molar-refractivity contribution in [3.63, 3.8) is 0 Å². The van der Waals surface area contributed by atoms with Crippen molar-refractivity contribution in [3.8, 4) is 0 Å². The fourth-order valence-electron chi connectivity index (χ4n) is 1.14. The molecule has 0 amide bonds. The number of hydrogen-bond donors (Lipinski definition) is 1. The minimum atomic E-state index is -0.204. The predicted molar refractivity (Wildman–Crippen MR) is 31.5 cm³/mol. The number of hydrogen-bond acceptors (Lipinski definition) is 1. The Kier molecular flexibility index (Phi) is 1.84. The van der Waals surface area contributed by atoms with Crippen molar-refractivity contribution in [2.24, 2.45) is 5.92 Å². The van der Waals surface area contributed by atoms with E-state index in [1.807, 2.05) is 0 Å². The molecule has 1 aliphatic heterocycles. The lowest BCUT2D eigenvalue weighted by atomic mass is 10.1. The maximum atomic E-state index is 11.8.